The fourth-order valence-corrected chi connectivity index (χ4v) is 3.07. The molecule has 4 aromatic rings. The van der Waals surface area contributed by atoms with E-state index in [4.69, 9.17) is 4.74 Å². The Labute approximate surface area is 175 Å². The van der Waals surface area contributed by atoms with Crippen molar-refractivity contribution < 1.29 is 17.9 Å². The second-order valence-corrected chi connectivity index (χ2v) is 6.68. The maximum atomic E-state index is 12.7. The molecule has 0 atom stereocenters. The van der Waals surface area contributed by atoms with Crippen molar-refractivity contribution in [3.63, 3.8) is 0 Å². The van der Waals surface area contributed by atoms with Crippen LogP contribution in [-0.2, 0) is 6.54 Å². The first-order chi connectivity index (χ1) is 14.8. The molecule has 0 bridgehead atoms. The number of rotatable bonds is 6. The van der Waals surface area contributed by atoms with Crippen molar-refractivity contribution in [2.45, 2.75) is 26.1 Å². The smallest absolute Gasteiger partial charge is 0.390 e. The van der Waals surface area contributed by atoms with E-state index in [9.17, 15) is 13.2 Å². The van der Waals surface area contributed by atoms with Crippen LogP contribution in [0.4, 0.5) is 24.8 Å². The van der Waals surface area contributed by atoms with Gasteiger partial charge in [0.2, 0.25) is 0 Å². The van der Waals surface area contributed by atoms with Crippen molar-refractivity contribution in [3.05, 3.63) is 48.5 Å². The summed E-state index contributed by atoms with van der Waals surface area (Å²) in [5.74, 6) is 2.06. The lowest BCUT2D eigenvalue weighted by molar-refractivity contribution is -0.137. The van der Waals surface area contributed by atoms with Crippen LogP contribution in [0.15, 0.2) is 42.7 Å². The summed E-state index contributed by atoms with van der Waals surface area (Å²) in [5.41, 5.74) is 0.949. The van der Waals surface area contributed by atoms with Gasteiger partial charge >= 0.3 is 6.18 Å². The molecule has 1 N–H and O–H groups in total. The van der Waals surface area contributed by atoms with Crippen LogP contribution in [0.5, 0.6) is 5.75 Å². The maximum Gasteiger partial charge on any atom is 0.390 e. The summed E-state index contributed by atoms with van der Waals surface area (Å²) in [5, 5.41) is 8.09. The zero-order valence-corrected chi connectivity index (χ0v) is 16.7. The molecule has 0 aliphatic carbocycles. The Hall–Kier alpha value is -3.76. The van der Waals surface area contributed by atoms with E-state index in [1.54, 1.807) is 43.5 Å². The van der Waals surface area contributed by atoms with Crippen LogP contribution in [-0.4, -0.2) is 43.0 Å². The molecule has 4 rings (SSSR count). The number of alkyl halides is 3. The molecule has 0 saturated carbocycles. The van der Waals surface area contributed by atoms with Crippen molar-refractivity contribution in [1.82, 2.24) is 29.7 Å². The monoisotopic (exact) mass is 429 g/mol. The zero-order chi connectivity index (χ0) is 22.0. The standard InChI is InChI=1S/C20H18F3N7O/c1-12-24-9-7-16(26-12)27-18-15(31-2)11-25-19(28-18)17-13-5-3-4-6-14(13)30(29-17)10-8-20(21,22)23/h3-7,9,11H,8,10H2,1-2H3,(H,24,25,26,27,28). The number of ether oxygens (including phenoxy) is 1. The van der Waals surface area contributed by atoms with Gasteiger partial charge in [0.1, 0.15) is 17.3 Å². The molecule has 8 nitrogen and oxygen atoms in total. The number of nitrogens with one attached hydrogen (secondary N) is 1. The van der Waals surface area contributed by atoms with E-state index in [0.717, 1.165) is 0 Å². The number of para-hydroxylation sites is 1. The summed E-state index contributed by atoms with van der Waals surface area (Å²) < 4.78 is 44.9. The third-order valence-corrected chi connectivity index (χ3v) is 4.47. The molecule has 0 aliphatic rings. The summed E-state index contributed by atoms with van der Waals surface area (Å²) >= 11 is 0. The number of methoxy groups -OCH3 is 1. The van der Waals surface area contributed by atoms with Gasteiger partial charge < -0.3 is 10.1 Å². The Bertz CT molecular complexity index is 1220. The van der Waals surface area contributed by atoms with Crippen LogP contribution in [0.3, 0.4) is 0 Å². The van der Waals surface area contributed by atoms with Crippen molar-refractivity contribution >= 4 is 22.5 Å². The summed E-state index contributed by atoms with van der Waals surface area (Å²) in [6, 6.07) is 8.70. The molecule has 0 radical (unpaired) electrons. The Kier molecular flexibility index (Phi) is 5.40. The minimum Gasteiger partial charge on any atom is -0.491 e. The molecule has 0 spiro atoms. The highest BCUT2D eigenvalue weighted by molar-refractivity contribution is 5.91. The quantitative estimate of drug-likeness (QED) is 0.489. The second-order valence-electron chi connectivity index (χ2n) is 6.68. The lowest BCUT2D eigenvalue weighted by Crippen LogP contribution is -2.13. The third kappa shape index (κ3) is 4.55. The number of anilines is 2. The summed E-state index contributed by atoms with van der Waals surface area (Å²) in [6.07, 6.45) is -2.19. The Balaban J connectivity index is 1.75. The Morgan fingerprint density at radius 2 is 1.90 bits per heavy atom. The fraction of sp³-hybridized carbons (Fsp3) is 0.250. The van der Waals surface area contributed by atoms with E-state index in [0.29, 0.717) is 39.8 Å². The highest BCUT2D eigenvalue weighted by Crippen LogP contribution is 2.31. The number of nitrogens with zero attached hydrogens (tertiary/aromatic N) is 6. The van der Waals surface area contributed by atoms with Gasteiger partial charge in [-0.05, 0) is 19.1 Å². The van der Waals surface area contributed by atoms with E-state index in [1.807, 2.05) is 0 Å². The van der Waals surface area contributed by atoms with Crippen molar-refractivity contribution in [2.24, 2.45) is 0 Å². The first kappa shape index (κ1) is 20.5. The van der Waals surface area contributed by atoms with Gasteiger partial charge in [0.05, 0.1) is 31.8 Å². The molecule has 0 fully saturated rings. The van der Waals surface area contributed by atoms with Crippen molar-refractivity contribution in [1.29, 1.82) is 0 Å². The van der Waals surface area contributed by atoms with E-state index in [-0.39, 0.29) is 12.4 Å². The highest BCUT2D eigenvalue weighted by atomic mass is 19.4. The Morgan fingerprint density at radius 1 is 1.10 bits per heavy atom. The van der Waals surface area contributed by atoms with Gasteiger partial charge in [0.15, 0.2) is 17.4 Å². The SMILES string of the molecule is COc1cnc(-c2nn(CCC(F)(F)F)c3ccccc23)nc1Nc1ccnc(C)n1. The molecule has 0 saturated heterocycles. The summed E-state index contributed by atoms with van der Waals surface area (Å²) in [6.45, 7) is 1.46. The van der Waals surface area contributed by atoms with Gasteiger partial charge in [0.25, 0.3) is 0 Å². The second kappa shape index (κ2) is 8.17. The molecule has 3 aromatic heterocycles. The fourth-order valence-electron chi connectivity index (χ4n) is 3.07. The number of fused-ring (bicyclic) bond motifs is 1. The average Bonchev–Trinajstić information content (AvgIpc) is 3.11. The minimum absolute atomic E-state index is 0.246. The van der Waals surface area contributed by atoms with Crippen LogP contribution in [0.1, 0.15) is 12.2 Å². The van der Waals surface area contributed by atoms with Crippen LogP contribution in [0.2, 0.25) is 0 Å². The summed E-state index contributed by atoms with van der Waals surface area (Å²) in [4.78, 5) is 17.1. The molecule has 160 valence electrons. The van der Waals surface area contributed by atoms with Gasteiger partial charge in [-0.3, -0.25) is 4.68 Å². The molecule has 1 aromatic carbocycles. The topological polar surface area (TPSA) is 90.6 Å². The van der Waals surface area contributed by atoms with Gasteiger partial charge in [0, 0.05) is 11.6 Å². The van der Waals surface area contributed by atoms with E-state index in [1.165, 1.54) is 18.0 Å². The van der Waals surface area contributed by atoms with Gasteiger partial charge in [-0.2, -0.15) is 18.3 Å². The van der Waals surface area contributed by atoms with Crippen LogP contribution in [0, 0.1) is 6.92 Å². The third-order valence-electron chi connectivity index (χ3n) is 4.47. The van der Waals surface area contributed by atoms with Crippen LogP contribution >= 0.6 is 0 Å². The maximum absolute atomic E-state index is 12.7. The molecule has 0 aliphatic heterocycles. The predicted octanol–water partition coefficient (Wildman–Crippen LogP) is 4.30. The largest absolute Gasteiger partial charge is 0.491 e. The van der Waals surface area contributed by atoms with Gasteiger partial charge in [-0.25, -0.2) is 19.9 Å². The number of hydrogen-bond acceptors (Lipinski definition) is 7. The molecule has 0 amide bonds. The predicted molar refractivity (Wildman–Crippen MR) is 108 cm³/mol. The highest BCUT2D eigenvalue weighted by Gasteiger charge is 2.27. The lowest BCUT2D eigenvalue weighted by atomic mass is 10.2. The number of aromatic nitrogens is 6. The number of halogens is 3. The van der Waals surface area contributed by atoms with Crippen LogP contribution in [0.25, 0.3) is 22.4 Å². The Morgan fingerprint density at radius 3 is 2.65 bits per heavy atom. The minimum atomic E-state index is -4.28. The van der Waals surface area contributed by atoms with Gasteiger partial charge in [-0.15, -0.1) is 0 Å². The molecule has 0 unspecified atom stereocenters. The van der Waals surface area contributed by atoms with Crippen molar-refractivity contribution in [2.75, 3.05) is 12.4 Å². The number of hydrogen-bond donors (Lipinski definition) is 1. The molecule has 3 heterocycles. The first-order valence-electron chi connectivity index (χ1n) is 9.34. The summed E-state index contributed by atoms with van der Waals surface area (Å²) in [7, 11) is 1.48. The first-order valence-corrected chi connectivity index (χ1v) is 9.34. The average molecular weight is 429 g/mol. The molecule has 11 heteroatoms. The van der Waals surface area contributed by atoms with E-state index < -0.39 is 12.6 Å². The zero-order valence-electron chi connectivity index (χ0n) is 16.7. The lowest BCUT2D eigenvalue weighted by Gasteiger charge is -2.10. The molecule has 31 heavy (non-hydrogen) atoms. The normalized spacial score (nSPS) is 11.6. The molecular weight excluding hydrogens is 411 g/mol. The van der Waals surface area contributed by atoms with Crippen LogP contribution < -0.4 is 10.1 Å². The van der Waals surface area contributed by atoms with E-state index >= 15 is 0 Å². The van der Waals surface area contributed by atoms with Gasteiger partial charge in [-0.1, -0.05) is 18.2 Å². The number of aryl methyl sites for hydroxylation is 2. The van der Waals surface area contributed by atoms with Crippen molar-refractivity contribution in [3.8, 4) is 17.3 Å². The number of benzene rings is 1. The van der Waals surface area contributed by atoms with E-state index in [2.05, 4.69) is 30.4 Å². The molecular formula is C20H18F3N7O.